The number of halogens is 1. The Morgan fingerprint density at radius 3 is 2.29 bits per heavy atom. The van der Waals surface area contributed by atoms with Crippen LogP contribution in [0.25, 0.3) is 0 Å². The van der Waals surface area contributed by atoms with Crippen LogP contribution in [0.4, 0.5) is 17.3 Å². The predicted molar refractivity (Wildman–Crippen MR) is 68.6 cm³/mol. The fraction of sp³-hybridized carbons (Fsp3) is 0. The molecule has 8 heteroatoms. The summed E-state index contributed by atoms with van der Waals surface area (Å²) in [7, 11) is 0. The third kappa shape index (κ3) is 2.89. The van der Waals surface area contributed by atoms with Gasteiger partial charge in [-0.3, -0.25) is 0 Å². The van der Waals surface area contributed by atoms with Crippen LogP contribution in [0.2, 0.25) is 5.15 Å². The number of pyridine rings is 1. The standard InChI is InChI=1S/C9H9ClN6S/c10-5-2-1-4(11)8(14-5)17-9-15-6(12)3-7(13)16-9/h1-3H,11H2,(H4,12,13,15,16). The fourth-order valence-electron chi connectivity index (χ4n) is 1.10. The van der Waals surface area contributed by atoms with Gasteiger partial charge < -0.3 is 17.2 Å². The average Bonchev–Trinajstić information content (AvgIpc) is 2.22. The highest BCUT2D eigenvalue weighted by Crippen LogP contribution is 2.29. The highest BCUT2D eigenvalue weighted by molar-refractivity contribution is 7.99. The van der Waals surface area contributed by atoms with Crippen molar-refractivity contribution in [1.29, 1.82) is 0 Å². The molecule has 0 saturated heterocycles. The highest BCUT2D eigenvalue weighted by atomic mass is 35.5. The van der Waals surface area contributed by atoms with Gasteiger partial charge in [-0.1, -0.05) is 11.6 Å². The van der Waals surface area contributed by atoms with Crippen LogP contribution < -0.4 is 17.2 Å². The van der Waals surface area contributed by atoms with Crippen molar-refractivity contribution in [3.05, 3.63) is 23.4 Å². The molecule has 0 aliphatic heterocycles. The molecule has 0 fully saturated rings. The van der Waals surface area contributed by atoms with E-state index in [9.17, 15) is 0 Å². The molecule has 2 rings (SSSR count). The first-order chi connectivity index (χ1) is 8.04. The Morgan fingerprint density at radius 2 is 1.65 bits per heavy atom. The minimum absolute atomic E-state index is 0.292. The van der Waals surface area contributed by atoms with Crippen LogP contribution in [-0.4, -0.2) is 15.0 Å². The summed E-state index contributed by atoms with van der Waals surface area (Å²) >= 11 is 6.93. The lowest BCUT2D eigenvalue weighted by atomic mass is 10.4. The molecule has 0 aromatic carbocycles. The lowest BCUT2D eigenvalue weighted by molar-refractivity contribution is 0.978. The maximum Gasteiger partial charge on any atom is 0.197 e. The molecule has 88 valence electrons. The summed E-state index contributed by atoms with van der Waals surface area (Å²) in [6.45, 7) is 0. The van der Waals surface area contributed by atoms with Gasteiger partial charge >= 0.3 is 0 Å². The molecule has 0 spiro atoms. The first-order valence-electron chi connectivity index (χ1n) is 4.54. The maximum atomic E-state index is 5.78. The molecule has 0 bridgehead atoms. The number of nitrogens with two attached hydrogens (primary N) is 3. The lowest BCUT2D eigenvalue weighted by Gasteiger charge is -2.04. The van der Waals surface area contributed by atoms with E-state index in [2.05, 4.69) is 15.0 Å². The summed E-state index contributed by atoms with van der Waals surface area (Å²) in [5, 5.41) is 1.24. The Morgan fingerprint density at radius 1 is 1.00 bits per heavy atom. The number of anilines is 3. The maximum absolute atomic E-state index is 5.78. The first-order valence-corrected chi connectivity index (χ1v) is 5.74. The summed E-state index contributed by atoms with van der Waals surface area (Å²) < 4.78 is 0. The second-order valence-electron chi connectivity index (χ2n) is 3.13. The van der Waals surface area contributed by atoms with Gasteiger partial charge in [0.05, 0.1) is 5.69 Å². The number of hydrogen-bond acceptors (Lipinski definition) is 7. The van der Waals surface area contributed by atoms with Crippen LogP contribution in [0.5, 0.6) is 0 Å². The van der Waals surface area contributed by atoms with Crippen LogP contribution in [0.1, 0.15) is 0 Å². The van der Waals surface area contributed by atoms with Crippen LogP contribution in [-0.2, 0) is 0 Å². The Balaban J connectivity index is 2.34. The second kappa shape index (κ2) is 4.64. The van der Waals surface area contributed by atoms with E-state index in [1.807, 2.05) is 0 Å². The van der Waals surface area contributed by atoms with Gasteiger partial charge in [-0.05, 0) is 23.9 Å². The van der Waals surface area contributed by atoms with Crippen LogP contribution in [0.15, 0.2) is 28.4 Å². The summed E-state index contributed by atoms with van der Waals surface area (Å²) in [5.74, 6) is 0.584. The van der Waals surface area contributed by atoms with E-state index >= 15 is 0 Å². The van der Waals surface area contributed by atoms with E-state index in [1.54, 1.807) is 12.1 Å². The van der Waals surface area contributed by atoms with E-state index in [4.69, 9.17) is 28.8 Å². The quantitative estimate of drug-likeness (QED) is 0.557. The predicted octanol–water partition coefficient (Wildman–Crippen LogP) is 1.42. The third-order valence-corrected chi connectivity index (χ3v) is 2.88. The SMILES string of the molecule is Nc1cc(N)nc(Sc2nc(Cl)ccc2N)n1. The highest BCUT2D eigenvalue weighted by Gasteiger charge is 2.08. The molecule has 0 radical (unpaired) electrons. The van der Waals surface area contributed by atoms with Gasteiger partial charge in [-0.2, -0.15) is 0 Å². The number of rotatable bonds is 2. The Labute approximate surface area is 107 Å². The van der Waals surface area contributed by atoms with Gasteiger partial charge in [-0.15, -0.1) is 0 Å². The minimum atomic E-state index is 0.292. The molecule has 6 N–H and O–H groups in total. The summed E-state index contributed by atoms with van der Waals surface area (Å²) in [6.07, 6.45) is 0. The summed E-state index contributed by atoms with van der Waals surface area (Å²) in [6, 6.07) is 4.74. The lowest BCUT2D eigenvalue weighted by Crippen LogP contribution is -2.00. The van der Waals surface area contributed by atoms with Crippen molar-refractivity contribution in [3.8, 4) is 0 Å². The molecule has 0 saturated carbocycles. The number of hydrogen-bond donors (Lipinski definition) is 3. The number of aromatic nitrogens is 3. The van der Waals surface area contributed by atoms with Crippen molar-refractivity contribution in [2.24, 2.45) is 0 Å². The number of nitrogen functional groups attached to an aromatic ring is 3. The van der Waals surface area contributed by atoms with Crippen LogP contribution >= 0.6 is 23.4 Å². The zero-order valence-corrected chi connectivity index (χ0v) is 10.2. The normalized spacial score (nSPS) is 10.4. The molecule has 2 aromatic rings. The molecule has 17 heavy (non-hydrogen) atoms. The molecule has 2 heterocycles. The van der Waals surface area contributed by atoms with Crippen molar-refractivity contribution in [2.45, 2.75) is 10.2 Å². The van der Waals surface area contributed by atoms with E-state index in [0.29, 0.717) is 32.7 Å². The molecular weight excluding hydrogens is 260 g/mol. The zero-order chi connectivity index (χ0) is 12.4. The van der Waals surface area contributed by atoms with Crippen molar-refractivity contribution < 1.29 is 0 Å². The molecule has 6 nitrogen and oxygen atoms in total. The number of nitrogens with zero attached hydrogens (tertiary/aromatic N) is 3. The van der Waals surface area contributed by atoms with Crippen molar-refractivity contribution in [2.75, 3.05) is 17.2 Å². The van der Waals surface area contributed by atoms with Gasteiger partial charge in [-0.25, -0.2) is 15.0 Å². The smallest absolute Gasteiger partial charge is 0.197 e. The van der Waals surface area contributed by atoms with Gasteiger partial charge in [0, 0.05) is 6.07 Å². The van der Waals surface area contributed by atoms with Gasteiger partial charge in [0.15, 0.2) is 5.16 Å². The average molecular weight is 269 g/mol. The van der Waals surface area contributed by atoms with Gasteiger partial charge in [0.1, 0.15) is 21.8 Å². The van der Waals surface area contributed by atoms with E-state index in [-0.39, 0.29) is 0 Å². The minimum Gasteiger partial charge on any atom is -0.397 e. The van der Waals surface area contributed by atoms with Crippen LogP contribution in [0.3, 0.4) is 0 Å². The van der Waals surface area contributed by atoms with Crippen molar-refractivity contribution >= 4 is 40.7 Å². The Hall–Kier alpha value is -1.73. The van der Waals surface area contributed by atoms with Gasteiger partial charge in [0.25, 0.3) is 0 Å². The molecule has 0 unspecified atom stereocenters. The second-order valence-corrected chi connectivity index (χ2v) is 4.47. The van der Waals surface area contributed by atoms with E-state index < -0.39 is 0 Å². The van der Waals surface area contributed by atoms with Crippen LogP contribution in [0, 0.1) is 0 Å². The monoisotopic (exact) mass is 268 g/mol. The van der Waals surface area contributed by atoms with Gasteiger partial charge in [0.2, 0.25) is 0 Å². The van der Waals surface area contributed by atoms with Crippen molar-refractivity contribution in [3.63, 3.8) is 0 Å². The molecule has 2 aromatic heterocycles. The van der Waals surface area contributed by atoms with Crippen molar-refractivity contribution in [1.82, 2.24) is 15.0 Å². The first kappa shape index (κ1) is 11.7. The summed E-state index contributed by atoms with van der Waals surface area (Å²) in [5.41, 5.74) is 17.4. The molecule has 0 amide bonds. The van der Waals surface area contributed by atoms with E-state index in [0.717, 1.165) is 11.8 Å². The zero-order valence-electron chi connectivity index (χ0n) is 8.59. The van der Waals surface area contributed by atoms with E-state index in [1.165, 1.54) is 6.07 Å². The largest absolute Gasteiger partial charge is 0.397 e. The Bertz CT molecular complexity index is 541. The third-order valence-electron chi connectivity index (χ3n) is 1.79. The molecular formula is C9H9ClN6S. The Kier molecular flexibility index (Phi) is 3.21. The molecule has 0 atom stereocenters. The fourth-order valence-corrected chi connectivity index (χ4v) is 2.11. The molecule has 0 aliphatic rings. The topological polar surface area (TPSA) is 117 Å². The summed E-state index contributed by atoms with van der Waals surface area (Å²) in [4.78, 5) is 12.1. The molecule has 0 aliphatic carbocycles.